The molecule has 0 radical (unpaired) electrons. The van der Waals surface area contributed by atoms with Crippen LogP contribution in [-0.2, 0) is 9.47 Å². The average Bonchev–Trinajstić information content (AvgIpc) is 2.59. The van der Waals surface area contributed by atoms with Gasteiger partial charge in [-0.05, 0) is 31.5 Å². The maximum atomic E-state index is 10.1. The number of hydrogen-bond acceptors (Lipinski definition) is 3. The molecule has 17 heavy (non-hydrogen) atoms. The zero-order valence-corrected chi connectivity index (χ0v) is 10.8. The zero-order valence-electron chi connectivity index (χ0n) is 10.0. The van der Waals surface area contributed by atoms with Crippen LogP contribution in [0.25, 0.3) is 0 Å². The van der Waals surface area contributed by atoms with Gasteiger partial charge in [0.1, 0.15) is 0 Å². The van der Waals surface area contributed by atoms with E-state index in [4.69, 9.17) is 21.1 Å². The van der Waals surface area contributed by atoms with Gasteiger partial charge in [0.15, 0.2) is 5.79 Å². The van der Waals surface area contributed by atoms with Crippen LogP contribution < -0.4 is 0 Å². The van der Waals surface area contributed by atoms with Crippen LogP contribution in [0, 0.1) is 0 Å². The Balaban J connectivity index is 1.93. The van der Waals surface area contributed by atoms with Gasteiger partial charge in [-0.1, -0.05) is 23.7 Å². The maximum Gasteiger partial charge on any atom is 0.163 e. The predicted octanol–water partition coefficient (Wildman–Crippen LogP) is 2.92. The molecule has 1 saturated heterocycles. The van der Waals surface area contributed by atoms with Crippen molar-refractivity contribution in [2.24, 2.45) is 0 Å². The summed E-state index contributed by atoms with van der Waals surface area (Å²) in [4.78, 5) is 0. The Morgan fingerprint density at radius 3 is 2.59 bits per heavy atom. The number of aliphatic hydroxyl groups excluding tert-OH is 1. The van der Waals surface area contributed by atoms with Crippen molar-refractivity contribution in [3.8, 4) is 0 Å². The molecule has 2 atom stereocenters. The number of hydrogen-bond donors (Lipinski definition) is 1. The lowest BCUT2D eigenvalue weighted by Crippen LogP contribution is -2.22. The van der Waals surface area contributed by atoms with Crippen molar-refractivity contribution in [1.82, 2.24) is 0 Å². The Labute approximate surface area is 106 Å². The van der Waals surface area contributed by atoms with E-state index in [1.165, 1.54) is 0 Å². The van der Waals surface area contributed by atoms with E-state index >= 15 is 0 Å². The fourth-order valence-electron chi connectivity index (χ4n) is 1.95. The summed E-state index contributed by atoms with van der Waals surface area (Å²) in [6.07, 6.45) is -0.0733. The summed E-state index contributed by atoms with van der Waals surface area (Å²) in [5.74, 6) is -0.537. The summed E-state index contributed by atoms with van der Waals surface area (Å²) in [5, 5.41) is 10.7. The normalized spacial score (nSPS) is 24.8. The molecule has 1 aromatic rings. The highest BCUT2D eigenvalue weighted by atomic mass is 35.5. The van der Waals surface area contributed by atoms with E-state index in [0.717, 1.165) is 5.56 Å². The van der Waals surface area contributed by atoms with E-state index < -0.39 is 11.9 Å². The van der Waals surface area contributed by atoms with Crippen LogP contribution in [0.15, 0.2) is 24.3 Å². The van der Waals surface area contributed by atoms with Gasteiger partial charge >= 0.3 is 0 Å². The molecule has 3 nitrogen and oxygen atoms in total. The number of rotatable bonds is 3. The third-order valence-corrected chi connectivity index (χ3v) is 3.06. The van der Waals surface area contributed by atoms with Crippen molar-refractivity contribution < 1.29 is 14.6 Å². The molecule has 0 aliphatic carbocycles. The van der Waals surface area contributed by atoms with Gasteiger partial charge in [0.2, 0.25) is 0 Å². The summed E-state index contributed by atoms with van der Waals surface area (Å²) in [7, 11) is 0. The summed E-state index contributed by atoms with van der Waals surface area (Å²) in [6.45, 7) is 4.28. The molecule has 1 aliphatic rings. The van der Waals surface area contributed by atoms with Gasteiger partial charge in [0.25, 0.3) is 0 Å². The van der Waals surface area contributed by atoms with Crippen LogP contribution in [-0.4, -0.2) is 23.6 Å². The monoisotopic (exact) mass is 256 g/mol. The minimum Gasteiger partial charge on any atom is -0.388 e. The largest absolute Gasteiger partial charge is 0.388 e. The molecule has 0 bridgehead atoms. The van der Waals surface area contributed by atoms with Gasteiger partial charge in [0.05, 0.1) is 18.8 Å². The van der Waals surface area contributed by atoms with Gasteiger partial charge in [-0.15, -0.1) is 0 Å². The Kier molecular flexibility index (Phi) is 3.73. The molecule has 2 unspecified atom stereocenters. The van der Waals surface area contributed by atoms with Crippen LogP contribution in [0.5, 0.6) is 0 Å². The molecule has 0 amide bonds. The van der Waals surface area contributed by atoms with Crippen molar-refractivity contribution in [3.05, 3.63) is 34.9 Å². The second-order valence-corrected chi connectivity index (χ2v) is 5.19. The standard InChI is InChI=1S/C13H17ClO3/c1-13(2)16-8-11(17-13)7-12(15)9-3-5-10(14)6-4-9/h3-6,11-12,15H,7-8H2,1-2H3. The van der Waals surface area contributed by atoms with E-state index in [2.05, 4.69) is 0 Å². The molecule has 1 aromatic carbocycles. The van der Waals surface area contributed by atoms with Crippen molar-refractivity contribution in [2.75, 3.05) is 6.61 Å². The van der Waals surface area contributed by atoms with Crippen molar-refractivity contribution in [2.45, 2.75) is 38.3 Å². The molecule has 94 valence electrons. The smallest absolute Gasteiger partial charge is 0.163 e. The maximum absolute atomic E-state index is 10.1. The van der Waals surface area contributed by atoms with Crippen molar-refractivity contribution in [1.29, 1.82) is 0 Å². The molecule has 0 spiro atoms. The third kappa shape index (κ3) is 3.42. The lowest BCUT2D eigenvalue weighted by atomic mass is 10.0. The van der Waals surface area contributed by atoms with Crippen molar-refractivity contribution in [3.63, 3.8) is 0 Å². The molecular formula is C13H17ClO3. The van der Waals surface area contributed by atoms with Crippen LogP contribution >= 0.6 is 11.6 Å². The number of ether oxygens (including phenoxy) is 2. The second-order valence-electron chi connectivity index (χ2n) is 4.75. The molecule has 0 aromatic heterocycles. The highest BCUT2D eigenvalue weighted by molar-refractivity contribution is 6.30. The van der Waals surface area contributed by atoms with Gasteiger partial charge in [-0.2, -0.15) is 0 Å². The van der Waals surface area contributed by atoms with Gasteiger partial charge < -0.3 is 14.6 Å². The molecule has 1 fully saturated rings. The SMILES string of the molecule is CC1(C)OCC(CC(O)c2ccc(Cl)cc2)O1. The van der Waals surface area contributed by atoms with E-state index in [-0.39, 0.29) is 6.10 Å². The van der Waals surface area contributed by atoms with E-state index in [0.29, 0.717) is 18.1 Å². The molecule has 2 rings (SSSR count). The number of aliphatic hydroxyl groups is 1. The molecular weight excluding hydrogens is 240 g/mol. The Morgan fingerprint density at radius 1 is 1.41 bits per heavy atom. The first-order valence-electron chi connectivity index (χ1n) is 5.71. The van der Waals surface area contributed by atoms with Crippen LogP contribution in [0.3, 0.4) is 0 Å². The number of halogens is 1. The molecule has 0 saturated carbocycles. The Bertz CT molecular complexity index is 375. The highest BCUT2D eigenvalue weighted by Crippen LogP contribution is 2.29. The Morgan fingerprint density at radius 2 is 2.06 bits per heavy atom. The first-order chi connectivity index (χ1) is 7.96. The topological polar surface area (TPSA) is 38.7 Å². The molecule has 1 heterocycles. The molecule has 1 aliphatic heterocycles. The summed E-state index contributed by atoms with van der Waals surface area (Å²) in [6, 6.07) is 7.20. The third-order valence-electron chi connectivity index (χ3n) is 2.81. The Hall–Kier alpha value is -0.610. The fourth-order valence-corrected chi connectivity index (χ4v) is 2.08. The summed E-state index contributed by atoms with van der Waals surface area (Å²) < 4.78 is 11.1. The minimum atomic E-state index is -0.547. The van der Waals surface area contributed by atoms with Gasteiger partial charge in [-0.3, -0.25) is 0 Å². The van der Waals surface area contributed by atoms with E-state index in [9.17, 15) is 5.11 Å². The van der Waals surface area contributed by atoms with Crippen molar-refractivity contribution >= 4 is 11.6 Å². The lowest BCUT2D eigenvalue weighted by Gasteiger charge is -2.19. The fraction of sp³-hybridized carbons (Fsp3) is 0.538. The summed E-state index contributed by atoms with van der Waals surface area (Å²) in [5.41, 5.74) is 0.850. The van der Waals surface area contributed by atoms with Crippen LogP contribution in [0.2, 0.25) is 5.02 Å². The quantitative estimate of drug-likeness (QED) is 0.904. The van der Waals surface area contributed by atoms with Gasteiger partial charge in [-0.25, -0.2) is 0 Å². The number of benzene rings is 1. The molecule has 1 N–H and O–H groups in total. The summed E-state index contributed by atoms with van der Waals surface area (Å²) >= 11 is 5.80. The van der Waals surface area contributed by atoms with Crippen LogP contribution in [0.1, 0.15) is 31.9 Å². The first kappa shape index (κ1) is 12.8. The first-order valence-corrected chi connectivity index (χ1v) is 6.09. The van der Waals surface area contributed by atoms with Gasteiger partial charge in [0, 0.05) is 11.4 Å². The minimum absolute atomic E-state index is 0.0596. The second kappa shape index (κ2) is 4.94. The van der Waals surface area contributed by atoms with E-state index in [1.54, 1.807) is 12.1 Å². The molecule has 4 heteroatoms. The average molecular weight is 257 g/mol. The van der Waals surface area contributed by atoms with E-state index in [1.807, 2.05) is 26.0 Å². The highest BCUT2D eigenvalue weighted by Gasteiger charge is 2.33. The lowest BCUT2D eigenvalue weighted by molar-refractivity contribution is -0.141. The van der Waals surface area contributed by atoms with Crippen LogP contribution in [0.4, 0.5) is 0 Å². The zero-order chi connectivity index (χ0) is 12.5. The predicted molar refractivity (Wildman–Crippen MR) is 65.9 cm³/mol.